The van der Waals surface area contributed by atoms with Gasteiger partial charge in [0.05, 0.1) is 0 Å². The summed E-state index contributed by atoms with van der Waals surface area (Å²) in [5.74, 6) is 0.393. The van der Waals surface area contributed by atoms with Crippen molar-refractivity contribution in [2.75, 3.05) is 22.9 Å². The summed E-state index contributed by atoms with van der Waals surface area (Å²) in [6.07, 6.45) is 0.109. The van der Waals surface area contributed by atoms with E-state index in [2.05, 4.69) is 82.6 Å². The smallest absolute Gasteiger partial charge is 0.128 e. The van der Waals surface area contributed by atoms with Crippen LogP contribution >= 0.6 is 0 Å². The molecule has 3 nitrogen and oxygen atoms in total. The fraction of sp³-hybridized carbons (Fsp3) is 0.217. The van der Waals surface area contributed by atoms with Crippen LogP contribution in [0.2, 0.25) is 0 Å². The highest BCUT2D eigenvalue weighted by Crippen LogP contribution is 2.39. The molecular formula is C23H24N2O. The molecule has 0 saturated carbocycles. The molecule has 0 amide bonds. The first-order valence-corrected chi connectivity index (χ1v) is 9.08. The molecular weight excluding hydrogens is 320 g/mol. The van der Waals surface area contributed by atoms with Gasteiger partial charge in [0, 0.05) is 24.5 Å². The Morgan fingerprint density at radius 3 is 1.58 bits per heavy atom. The molecule has 1 heterocycles. The lowest BCUT2D eigenvalue weighted by Crippen LogP contribution is -2.31. The summed E-state index contributed by atoms with van der Waals surface area (Å²) in [5.41, 5.74) is 5.50. The fourth-order valence-electron chi connectivity index (χ4n) is 3.91. The first kappa shape index (κ1) is 16.5. The highest BCUT2D eigenvalue weighted by molar-refractivity contribution is 5.60. The van der Waals surface area contributed by atoms with E-state index in [1.54, 1.807) is 0 Å². The van der Waals surface area contributed by atoms with E-state index in [4.69, 9.17) is 0 Å². The van der Waals surface area contributed by atoms with Crippen LogP contribution in [0.25, 0.3) is 0 Å². The van der Waals surface area contributed by atoms with Crippen LogP contribution in [0, 0.1) is 13.8 Å². The third-order valence-electron chi connectivity index (χ3n) is 5.16. The molecule has 3 aromatic rings. The number of aryl methyl sites for hydroxylation is 2. The summed E-state index contributed by atoms with van der Waals surface area (Å²) in [7, 11) is 0. The lowest BCUT2D eigenvalue weighted by Gasteiger charge is -2.33. The van der Waals surface area contributed by atoms with Gasteiger partial charge in [-0.3, -0.25) is 0 Å². The number of rotatable bonds is 3. The first-order chi connectivity index (χ1) is 12.6. The van der Waals surface area contributed by atoms with Crippen molar-refractivity contribution in [1.82, 2.24) is 0 Å². The molecule has 3 heteroatoms. The lowest BCUT2D eigenvalue weighted by molar-refractivity contribution is 0.466. The van der Waals surface area contributed by atoms with Gasteiger partial charge in [-0.2, -0.15) is 0 Å². The van der Waals surface area contributed by atoms with Gasteiger partial charge in [0.1, 0.15) is 11.9 Å². The van der Waals surface area contributed by atoms with Crippen LogP contribution < -0.4 is 9.80 Å². The molecule has 1 fully saturated rings. The Labute approximate surface area is 155 Å². The minimum absolute atomic E-state index is 0.109. The van der Waals surface area contributed by atoms with Gasteiger partial charge in [-0.15, -0.1) is 0 Å². The Kier molecular flexibility index (Phi) is 4.29. The number of aromatic hydroxyl groups is 1. The van der Waals surface area contributed by atoms with Crippen molar-refractivity contribution in [3.05, 3.63) is 89.5 Å². The van der Waals surface area contributed by atoms with E-state index in [1.807, 2.05) is 13.8 Å². The number of anilines is 2. The van der Waals surface area contributed by atoms with Crippen molar-refractivity contribution in [1.29, 1.82) is 0 Å². The Morgan fingerprint density at radius 2 is 1.15 bits per heavy atom. The highest BCUT2D eigenvalue weighted by Gasteiger charge is 2.34. The molecule has 132 valence electrons. The van der Waals surface area contributed by atoms with E-state index in [1.165, 1.54) is 16.9 Å². The number of phenolic OH excluding ortho intramolecular Hbond substituents is 1. The summed E-state index contributed by atoms with van der Waals surface area (Å²) in [6, 6.07) is 25.4. The molecule has 0 atom stereocenters. The van der Waals surface area contributed by atoms with Crippen LogP contribution in [0.15, 0.2) is 72.8 Å². The van der Waals surface area contributed by atoms with Crippen molar-refractivity contribution in [3.8, 4) is 5.75 Å². The number of nitrogens with zero attached hydrogens (tertiary/aromatic N) is 2. The molecule has 0 spiro atoms. The molecule has 0 aliphatic carbocycles. The quantitative estimate of drug-likeness (QED) is 0.721. The number of hydrogen-bond donors (Lipinski definition) is 1. The topological polar surface area (TPSA) is 26.7 Å². The fourth-order valence-corrected chi connectivity index (χ4v) is 3.91. The molecule has 0 aromatic heterocycles. The van der Waals surface area contributed by atoms with Crippen LogP contribution in [-0.2, 0) is 0 Å². The van der Waals surface area contributed by atoms with Crippen LogP contribution in [0.3, 0.4) is 0 Å². The van der Waals surface area contributed by atoms with Crippen molar-refractivity contribution in [3.63, 3.8) is 0 Å². The van der Waals surface area contributed by atoms with Crippen LogP contribution in [-0.4, -0.2) is 18.2 Å². The number of benzene rings is 3. The van der Waals surface area contributed by atoms with Gasteiger partial charge < -0.3 is 14.9 Å². The molecule has 1 saturated heterocycles. The largest absolute Gasteiger partial charge is 0.507 e. The Bertz CT molecular complexity index is 822. The van der Waals surface area contributed by atoms with Crippen molar-refractivity contribution in [2.24, 2.45) is 0 Å². The minimum Gasteiger partial charge on any atom is -0.507 e. The standard InChI is InChI=1S/C23H24N2O/c1-17-15-19(16-18(2)22(17)26)23-24(20-9-5-3-6-10-20)13-14-25(23)21-11-7-4-8-12-21/h3-12,15-16,23,26H,13-14H2,1-2H3. The summed E-state index contributed by atoms with van der Waals surface area (Å²) >= 11 is 0. The molecule has 1 N–H and O–H groups in total. The molecule has 0 radical (unpaired) electrons. The van der Waals surface area contributed by atoms with E-state index in [-0.39, 0.29) is 6.17 Å². The van der Waals surface area contributed by atoms with E-state index >= 15 is 0 Å². The zero-order valence-electron chi connectivity index (χ0n) is 15.3. The monoisotopic (exact) mass is 344 g/mol. The Hall–Kier alpha value is -2.94. The van der Waals surface area contributed by atoms with Gasteiger partial charge in [-0.05, 0) is 66.9 Å². The maximum Gasteiger partial charge on any atom is 0.128 e. The van der Waals surface area contributed by atoms with E-state index in [0.717, 1.165) is 24.2 Å². The molecule has 0 bridgehead atoms. The Morgan fingerprint density at radius 1 is 0.731 bits per heavy atom. The molecule has 3 aromatic carbocycles. The SMILES string of the molecule is Cc1cc(C2N(c3ccccc3)CCN2c2ccccc2)cc(C)c1O. The van der Waals surface area contributed by atoms with Crippen molar-refractivity contribution >= 4 is 11.4 Å². The maximum absolute atomic E-state index is 10.2. The van der Waals surface area contributed by atoms with Crippen LogP contribution in [0.1, 0.15) is 22.9 Å². The van der Waals surface area contributed by atoms with Gasteiger partial charge in [0.25, 0.3) is 0 Å². The third-order valence-corrected chi connectivity index (χ3v) is 5.16. The number of phenols is 1. The maximum atomic E-state index is 10.2. The normalized spacial score (nSPS) is 14.8. The van der Waals surface area contributed by atoms with E-state index in [9.17, 15) is 5.11 Å². The van der Waals surface area contributed by atoms with Crippen molar-refractivity contribution in [2.45, 2.75) is 20.0 Å². The second-order valence-electron chi connectivity index (χ2n) is 6.93. The molecule has 26 heavy (non-hydrogen) atoms. The summed E-state index contributed by atoms with van der Waals surface area (Å²) in [5, 5.41) is 10.2. The van der Waals surface area contributed by atoms with Gasteiger partial charge >= 0.3 is 0 Å². The number of hydrogen-bond acceptors (Lipinski definition) is 3. The lowest BCUT2D eigenvalue weighted by atomic mass is 10.0. The van der Waals surface area contributed by atoms with Gasteiger partial charge in [-0.1, -0.05) is 36.4 Å². The predicted molar refractivity (Wildman–Crippen MR) is 108 cm³/mol. The summed E-state index contributed by atoms with van der Waals surface area (Å²) < 4.78 is 0. The molecule has 4 rings (SSSR count). The van der Waals surface area contributed by atoms with Gasteiger partial charge in [0.15, 0.2) is 0 Å². The first-order valence-electron chi connectivity index (χ1n) is 9.08. The van der Waals surface area contributed by atoms with Gasteiger partial charge in [0.2, 0.25) is 0 Å². The minimum atomic E-state index is 0.109. The van der Waals surface area contributed by atoms with E-state index in [0.29, 0.717) is 5.75 Å². The number of para-hydroxylation sites is 2. The zero-order valence-corrected chi connectivity index (χ0v) is 15.3. The summed E-state index contributed by atoms with van der Waals surface area (Å²) in [6.45, 7) is 5.87. The zero-order chi connectivity index (χ0) is 18.1. The average molecular weight is 344 g/mol. The third kappa shape index (κ3) is 2.90. The average Bonchev–Trinajstić information content (AvgIpc) is 3.12. The molecule has 0 unspecified atom stereocenters. The van der Waals surface area contributed by atoms with Crippen LogP contribution in [0.5, 0.6) is 5.75 Å². The Balaban J connectivity index is 1.82. The summed E-state index contributed by atoms with van der Waals surface area (Å²) in [4.78, 5) is 4.89. The van der Waals surface area contributed by atoms with Crippen molar-refractivity contribution < 1.29 is 5.11 Å². The second kappa shape index (κ2) is 6.75. The highest BCUT2D eigenvalue weighted by atomic mass is 16.3. The molecule has 1 aliphatic rings. The second-order valence-corrected chi connectivity index (χ2v) is 6.93. The molecule has 1 aliphatic heterocycles. The van der Waals surface area contributed by atoms with Crippen LogP contribution in [0.4, 0.5) is 11.4 Å². The van der Waals surface area contributed by atoms with Gasteiger partial charge in [-0.25, -0.2) is 0 Å². The predicted octanol–water partition coefficient (Wildman–Crippen LogP) is 5.03. The van der Waals surface area contributed by atoms with E-state index < -0.39 is 0 Å².